The summed E-state index contributed by atoms with van der Waals surface area (Å²) in [7, 11) is 0. The first-order valence-corrected chi connectivity index (χ1v) is 6.01. The summed E-state index contributed by atoms with van der Waals surface area (Å²) in [6.45, 7) is 3.17. The van der Waals surface area contributed by atoms with Gasteiger partial charge in [0.05, 0.1) is 11.6 Å². The minimum Gasteiger partial charge on any atom is -0.409 e. The van der Waals surface area contributed by atoms with E-state index in [2.05, 4.69) is 10.1 Å². The molecule has 0 saturated carbocycles. The van der Waals surface area contributed by atoms with E-state index in [4.69, 9.17) is 27.6 Å². The summed E-state index contributed by atoms with van der Waals surface area (Å²) in [6.07, 6.45) is 2.43. The van der Waals surface area contributed by atoms with E-state index < -0.39 is 0 Å². The molecule has 0 amide bonds. The first kappa shape index (κ1) is 14.5. The van der Waals surface area contributed by atoms with E-state index in [1.54, 1.807) is 6.07 Å². The van der Waals surface area contributed by atoms with Crippen molar-refractivity contribution in [3.8, 4) is 0 Å². The van der Waals surface area contributed by atoms with Crippen molar-refractivity contribution in [2.45, 2.75) is 13.3 Å². The fraction of sp³-hybridized carbons (Fsp3) is 0.455. The van der Waals surface area contributed by atoms with Crippen LogP contribution in [0.15, 0.2) is 17.4 Å². The number of aliphatic hydroxyl groups is 1. The quantitative estimate of drug-likeness (QED) is 0.311. The fourth-order valence-electron chi connectivity index (χ4n) is 1.62. The lowest BCUT2D eigenvalue weighted by Crippen LogP contribution is -2.29. The summed E-state index contributed by atoms with van der Waals surface area (Å²) < 4.78 is 0. The standard InChI is InChI=1S/C11H17ClN4O2/c1-2-5-16(6-7-17)11-9(12)8(3-4-14-11)10(13)15-18/h3-4,17-18H,2,5-7H2,1H3,(H2,13,15). The Balaban J connectivity index is 3.15. The number of pyridine rings is 1. The van der Waals surface area contributed by atoms with E-state index in [0.717, 1.165) is 6.42 Å². The van der Waals surface area contributed by atoms with Crippen molar-refractivity contribution in [3.05, 3.63) is 22.8 Å². The molecule has 6 nitrogen and oxygen atoms in total. The summed E-state index contributed by atoms with van der Waals surface area (Å²) in [5.41, 5.74) is 5.95. The van der Waals surface area contributed by atoms with Crippen LogP contribution in [0.25, 0.3) is 0 Å². The van der Waals surface area contributed by atoms with E-state index in [-0.39, 0.29) is 12.4 Å². The van der Waals surface area contributed by atoms with Gasteiger partial charge in [-0.3, -0.25) is 0 Å². The van der Waals surface area contributed by atoms with Crippen LogP contribution in [0.2, 0.25) is 5.02 Å². The van der Waals surface area contributed by atoms with Crippen LogP contribution in [-0.2, 0) is 0 Å². The molecule has 0 unspecified atom stereocenters. The predicted octanol–water partition coefficient (Wildman–Crippen LogP) is 1.04. The Labute approximate surface area is 111 Å². The molecule has 1 heterocycles. The summed E-state index contributed by atoms with van der Waals surface area (Å²) in [6, 6.07) is 1.57. The van der Waals surface area contributed by atoms with Crippen LogP contribution in [-0.4, -0.2) is 40.8 Å². The molecule has 0 bridgehead atoms. The average molecular weight is 273 g/mol. The normalized spacial score (nSPS) is 11.6. The number of anilines is 1. The molecule has 4 N–H and O–H groups in total. The van der Waals surface area contributed by atoms with Gasteiger partial charge in [-0.05, 0) is 12.5 Å². The maximum absolute atomic E-state index is 9.04. The first-order chi connectivity index (χ1) is 8.65. The number of nitrogens with zero attached hydrogens (tertiary/aromatic N) is 3. The lowest BCUT2D eigenvalue weighted by molar-refractivity contribution is 0.301. The lowest BCUT2D eigenvalue weighted by atomic mass is 10.2. The zero-order chi connectivity index (χ0) is 13.5. The number of oxime groups is 1. The highest BCUT2D eigenvalue weighted by molar-refractivity contribution is 6.36. The third kappa shape index (κ3) is 3.24. The molecule has 0 atom stereocenters. The number of nitrogens with two attached hydrogens (primary N) is 1. The Kier molecular flexibility index (Phi) is 5.67. The van der Waals surface area contributed by atoms with Crippen molar-refractivity contribution in [1.29, 1.82) is 0 Å². The van der Waals surface area contributed by atoms with Gasteiger partial charge >= 0.3 is 0 Å². The number of aromatic nitrogens is 1. The summed E-state index contributed by atoms with van der Waals surface area (Å²) >= 11 is 6.19. The van der Waals surface area contributed by atoms with E-state index in [1.165, 1.54) is 6.20 Å². The van der Waals surface area contributed by atoms with Crippen LogP contribution in [0.1, 0.15) is 18.9 Å². The van der Waals surface area contributed by atoms with Gasteiger partial charge in [0.15, 0.2) is 5.84 Å². The molecule has 0 radical (unpaired) electrons. The molecule has 0 aliphatic rings. The number of amidine groups is 1. The second-order valence-electron chi connectivity index (χ2n) is 3.69. The van der Waals surface area contributed by atoms with Crippen molar-refractivity contribution >= 4 is 23.3 Å². The Bertz CT molecular complexity index is 420. The highest BCUT2D eigenvalue weighted by Crippen LogP contribution is 2.26. The first-order valence-electron chi connectivity index (χ1n) is 5.63. The largest absolute Gasteiger partial charge is 0.409 e. The summed E-state index contributed by atoms with van der Waals surface area (Å²) in [4.78, 5) is 6.04. The minimum absolute atomic E-state index is 0.00576. The molecule has 1 rings (SSSR count). The molecule has 100 valence electrons. The molecule has 0 aliphatic heterocycles. The second-order valence-corrected chi connectivity index (χ2v) is 4.07. The van der Waals surface area contributed by atoms with Gasteiger partial charge in [0.1, 0.15) is 5.82 Å². The maximum Gasteiger partial charge on any atom is 0.171 e. The highest BCUT2D eigenvalue weighted by atomic mass is 35.5. The zero-order valence-electron chi connectivity index (χ0n) is 10.2. The molecule has 0 fully saturated rings. The number of hydrogen-bond acceptors (Lipinski definition) is 5. The molecule has 0 aromatic carbocycles. The summed E-state index contributed by atoms with van der Waals surface area (Å²) in [5.74, 6) is 0.459. The van der Waals surface area contributed by atoms with E-state index in [9.17, 15) is 0 Å². The van der Waals surface area contributed by atoms with E-state index >= 15 is 0 Å². The molecule has 1 aromatic rings. The predicted molar refractivity (Wildman–Crippen MR) is 71.3 cm³/mol. The Hall–Kier alpha value is -1.53. The molecule has 0 spiro atoms. The van der Waals surface area contributed by atoms with Crippen molar-refractivity contribution in [1.82, 2.24) is 4.98 Å². The number of halogens is 1. The zero-order valence-corrected chi connectivity index (χ0v) is 10.9. The van der Waals surface area contributed by atoms with Crippen LogP contribution in [0.4, 0.5) is 5.82 Å². The highest BCUT2D eigenvalue weighted by Gasteiger charge is 2.15. The molecule has 0 aliphatic carbocycles. The number of rotatable bonds is 6. The van der Waals surface area contributed by atoms with Crippen molar-refractivity contribution in [3.63, 3.8) is 0 Å². The van der Waals surface area contributed by atoms with Crippen molar-refractivity contribution < 1.29 is 10.3 Å². The maximum atomic E-state index is 9.04. The van der Waals surface area contributed by atoms with Gasteiger partial charge in [0, 0.05) is 24.8 Å². The number of hydrogen-bond donors (Lipinski definition) is 3. The van der Waals surface area contributed by atoms with Crippen LogP contribution in [0.3, 0.4) is 0 Å². The van der Waals surface area contributed by atoms with Gasteiger partial charge in [0.2, 0.25) is 0 Å². The topological polar surface area (TPSA) is 95.0 Å². The van der Waals surface area contributed by atoms with Crippen LogP contribution in [0, 0.1) is 0 Å². The van der Waals surface area contributed by atoms with Crippen LogP contribution >= 0.6 is 11.6 Å². The minimum atomic E-state index is -0.0657. The van der Waals surface area contributed by atoms with Gasteiger partial charge < -0.3 is 20.9 Å². The van der Waals surface area contributed by atoms with E-state index in [0.29, 0.717) is 29.5 Å². The van der Waals surface area contributed by atoms with Crippen molar-refractivity contribution in [2.75, 3.05) is 24.6 Å². The summed E-state index contributed by atoms with van der Waals surface area (Å²) in [5, 5.41) is 21.0. The third-order valence-corrected chi connectivity index (χ3v) is 2.79. The Morgan fingerprint density at radius 3 is 2.83 bits per heavy atom. The van der Waals surface area contributed by atoms with Gasteiger partial charge in [-0.1, -0.05) is 23.7 Å². The van der Waals surface area contributed by atoms with Gasteiger partial charge in [0.25, 0.3) is 0 Å². The van der Waals surface area contributed by atoms with Gasteiger partial charge in [-0.25, -0.2) is 4.98 Å². The third-order valence-electron chi connectivity index (χ3n) is 2.42. The smallest absolute Gasteiger partial charge is 0.171 e. The second kappa shape index (κ2) is 7.03. The Morgan fingerprint density at radius 1 is 1.56 bits per heavy atom. The van der Waals surface area contributed by atoms with Crippen molar-refractivity contribution in [2.24, 2.45) is 10.9 Å². The monoisotopic (exact) mass is 272 g/mol. The SMILES string of the molecule is CCCN(CCO)c1nccc(/C(N)=N/O)c1Cl. The fourth-order valence-corrected chi connectivity index (χ4v) is 1.95. The number of aliphatic hydroxyl groups excluding tert-OH is 1. The van der Waals surface area contributed by atoms with E-state index in [1.807, 2.05) is 11.8 Å². The lowest BCUT2D eigenvalue weighted by Gasteiger charge is -2.23. The van der Waals surface area contributed by atoms with Crippen LogP contribution in [0.5, 0.6) is 0 Å². The average Bonchev–Trinajstić information content (AvgIpc) is 2.38. The molecule has 7 heteroatoms. The van der Waals surface area contributed by atoms with Gasteiger partial charge in [-0.2, -0.15) is 0 Å². The molecule has 18 heavy (non-hydrogen) atoms. The molecule has 1 aromatic heterocycles. The van der Waals surface area contributed by atoms with Crippen LogP contribution < -0.4 is 10.6 Å². The van der Waals surface area contributed by atoms with Gasteiger partial charge in [-0.15, -0.1) is 0 Å². The molecule has 0 saturated heterocycles. The molecular formula is C11H17ClN4O2. The Morgan fingerprint density at radius 2 is 2.28 bits per heavy atom. The molecular weight excluding hydrogens is 256 g/mol.